The van der Waals surface area contributed by atoms with Crippen LogP contribution in [0.2, 0.25) is 0 Å². The second-order valence-electron chi connectivity index (χ2n) is 3.70. The highest BCUT2D eigenvalue weighted by molar-refractivity contribution is 5.36. The second-order valence-corrected chi connectivity index (χ2v) is 3.70. The van der Waals surface area contributed by atoms with Crippen LogP contribution in [0.4, 0.5) is 4.39 Å². The van der Waals surface area contributed by atoms with Gasteiger partial charge in [-0.25, -0.2) is 9.37 Å². The highest BCUT2D eigenvalue weighted by atomic mass is 19.1. The SMILES string of the molecule is N#Cc1cc(COc2ccc(C#N)c(F)c2)ccn1. The Kier molecular flexibility index (Phi) is 3.70. The van der Waals surface area contributed by atoms with E-state index in [1.165, 1.54) is 18.3 Å². The Morgan fingerprint density at radius 3 is 2.68 bits per heavy atom. The van der Waals surface area contributed by atoms with Crippen LogP contribution >= 0.6 is 0 Å². The van der Waals surface area contributed by atoms with Crippen LogP contribution in [0.25, 0.3) is 0 Å². The normalized spacial score (nSPS) is 9.42. The largest absolute Gasteiger partial charge is 0.489 e. The van der Waals surface area contributed by atoms with Crippen molar-refractivity contribution < 1.29 is 9.13 Å². The molecule has 0 saturated carbocycles. The van der Waals surface area contributed by atoms with E-state index in [0.717, 1.165) is 11.6 Å². The minimum absolute atomic E-state index is 0.0250. The van der Waals surface area contributed by atoms with E-state index < -0.39 is 5.82 Å². The molecule has 0 aliphatic carbocycles. The van der Waals surface area contributed by atoms with Crippen molar-refractivity contribution in [2.24, 2.45) is 0 Å². The number of hydrogen-bond donors (Lipinski definition) is 0. The maximum atomic E-state index is 13.3. The molecule has 2 aromatic rings. The van der Waals surface area contributed by atoms with Crippen LogP contribution in [-0.4, -0.2) is 4.98 Å². The Morgan fingerprint density at radius 1 is 1.16 bits per heavy atom. The van der Waals surface area contributed by atoms with Crippen molar-refractivity contribution in [3.8, 4) is 17.9 Å². The third-order valence-electron chi connectivity index (χ3n) is 2.41. The van der Waals surface area contributed by atoms with E-state index >= 15 is 0 Å². The predicted octanol–water partition coefficient (Wildman–Crippen LogP) is 2.54. The molecule has 1 aromatic carbocycles. The van der Waals surface area contributed by atoms with Gasteiger partial charge in [-0.1, -0.05) is 0 Å². The zero-order valence-corrected chi connectivity index (χ0v) is 9.80. The van der Waals surface area contributed by atoms with Crippen molar-refractivity contribution in [2.75, 3.05) is 0 Å². The number of nitriles is 2. The van der Waals surface area contributed by atoms with Gasteiger partial charge in [-0.15, -0.1) is 0 Å². The van der Waals surface area contributed by atoms with Gasteiger partial charge in [0.25, 0.3) is 0 Å². The molecule has 0 unspecified atom stereocenters. The zero-order valence-electron chi connectivity index (χ0n) is 9.80. The van der Waals surface area contributed by atoms with E-state index in [2.05, 4.69) is 4.98 Å². The summed E-state index contributed by atoms with van der Waals surface area (Å²) in [6.07, 6.45) is 1.51. The van der Waals surface area contributed by atoms with E-state index in [1.54, 1.807) is 18.2 Å². The van der Waals surface area contributed by atoms with E-state index in [4.69, 9.17) is 15.3 Å². The molecule has 0 saturated heterocycles. The fourth-order valence-corrected chi connectivity index (χ4v) is 1.47. The maximum Gasteiger partial charge on any atom is 0.144 e. The molecular formula is C14H8FN3O. The first-order valence-electron chi connectivity index (χ1n) is 5.40. The van der Waals surface area contributed by atoms with Crippen LogP contribution in [0.3, 0.4) is 0 Å². The van der Waals surface area contributed by atoms with Gasteiger partial charge in [-0.2, -0.15) is 10.5 Å². The Bertz CT molecular complexity index is 686. The lowest BCUT2D eigenvalue weighted by molar-refractivity contribution is 0.304. The van der Waals surface area contributed by atoms with Crippen molar-refractivity contribution in [2.45, 2.75) is 6.61 Å². The Balaban J connectivity index is 2.09. The smallest absolute Gasteiger partial charge is 0.144 e. The molecule has 92 valence electrons. The average molecular weight is 253 g/mol. The van der Waals surface area contributed by atoms with Crippen LogP contribution in [0.15, 0.2) is 36.5 Å². The molecule has 0 aliphatic heterocycles. The summed E-state index contributed by atoms with van der Waals surface area (Å²) >= 11 is 0. The topological polar surface area (TPSA) is 69.7 Å². The van der Waals surface area contributed by atoms with E-state index in [9.17, 15) is 4.39 Å². The lowest BCUT2D eigenvalue weighted by atomic mass is 10.2. The molecule has 0 N–H and O–H groups in total. The van der Waals surface area contributed by atoms with Crippen LogP contribution in [0.1, 0.15) is 16.8 Å². The summed E-state index contributed by atoms with van der Waals surface area (Å²) in [5.74, 6) is -0.292. The zero-order chi connectivity index (χ0) is 13.7. The highest BCUT2D eigenvalue weighted by Gasteiger charge is 2.04. The van der Waals surface area contributed by atoms with Crippen molar-refractivity contribution in [1.82, 2.24) is 4.98 Å². The molecule has 0 amide bonds. The lowest BCUT2D eigenvalue weighted by Crippen LogP contribution is -1.97. The average Bonchev–Trinajstić information content (AvgIpc) is 2.45. The molecule has 0 aliphatic rings. The molecule has 2 rings (SSSR count). The predicted molar refractivity (Wildman–Crippen MR) is 64.4 cm³/mol. The third kappa shape index (κ3) is 3.05. The summed E-state index contributed by atoms with van der Waals surface area (Å²) in [6.45, 7) is 0.197. The maximum absolute atomic E-state index is 13.3. The number of pyridine rings is 1. The number of hydrogen-bond acceptors (Lipinski definition) is 4. The van der Waals surface area contributed by atoms with Crippen molar-refractivity contribution in [3.63, 3.8) is 0 Å². The lowest BCUT2D eigenvalue weighted by Gasteiger charge is -2.06. The van der Waals surface area contributed by atoms with E-state index in [0.29, 0.717) is 11.4 Å². The van der Waals surface area contributed by atoms with E-state index in [-0.39, 0.29) is 12.2 Å². The van der Waals surface area contributed by atoms with Crippen molar-refractivity contribution >= 4 is 0 Å². The summed E-state index contributed by atoms with van der Waals surface area (Å²) in [7, 11) is 0. The van der Waals surface area contributed by atoms with Gasteiger partial charge >= 0.3 is 0 Å². The molecule has 19 heavy (non-hydrogen) atoms. The Hall–Kier alpha value is -2.92. The fourth-order valence-electron chi connectivity index (χ4n) is 1.47. The number of benzene rings is 1. The van der Waals surface area contributed by atoms with Gasteiger partial charge in [0, 0.05) is 12.3 Å². The number of aromatic nitrogens is 1. The Morgan fingerprint density at radius 2 is 2.00 bits per heavy atom. The molecular weight excluding hydrogens is 245 g/mol. The van der Waals surface area contributed by atoms with E-state index in [1.807, 2.05) is 6.07 Å². The molecule has 0 spiro atoms. The van der Waals surface area contributed by atoms with Crippen molar-refractivity contribution in [1.29, 1.82) is 10.5 Å². The molecule has 0 bridgehead atoms. The summed E-state index contributed by atoms with van der Waals surface area (Å²) in [5.41, 5.74) is 1.03. The van der Waals surface area contributed by atoms with Gasteiger partial charge in [-0.3, -0.25) is 0 Å². The first-order chi connectivity index (χ1) is 9.22. The molecule has 0 radical (unpaired) electrons. The minimum Gasteiger partial charge on any atom is -0.489 e. The molecule has 0 fully saturated rings. The summed E-state index contributed by atoms with van der Waals surface area (Å²) in [4.78, 5) is 3.84. The van der Waals surface area contributed by atoms with Gasteiger partial charge in [0.05, 0.1) is 5.56 Å². The standard InChI is InChI=1S/C14H8FN3O/c15-14-6-13(2-1-11(14)7-16)19-9-10-3-4-18-12(5-10)8-17/h1-6H,9H2. The highest BCUT2D eigenvalue weighted by Crippen LogP contribution is 2.17. The van der Waals surface area contributed by atoms with Gasteiger partial charge in [0.15, 0.2) is 0 Å². The first-order valence-corrected chi connectivity index (χ1v) is 5.40. The molecule has 5 heteroatoms. The molecule has 4 nitrogen and oxygen atoms in total. The van der Waals surface area contributed by atoms with Gasteiger partial charge in [0.2, 0.25) is 0 Å². The van der Waals surface area contributed by atoms with Gasteiger partial charge in [-0.05, 0) is 29.8 Å². The quantitative estimate of drug-likeness (QED) is 0.842. The summed E-state index contributed by atoms with van der Waals surface area (Å²) in [5, 5.41) is 17.3. The fraction of sp³-hybridized carbons (Fsp3) is 0.0714. The minimum atomic E-state index is -0.618. The number of ether oxygens (including phenoxy) is 1. The number of nitrogens with zero attached hydrogens (tertiary/aromatic N) is 3. The van der Waals surface area contributed by atoms with Crippen molar-refractivity contribution in [3.05, 3.63) is 59.2 Å². The Labute approximate surface area is 109 Å². The summed E-state index contributed by atoms with van der Waals surface area (Å²) < 4.78 is 18.7. The van der Waals surface area contributed by atoms with Crippen LogP contribution < -0.4 is 4.74 Å². The van der Waals surface area contributed by atoms with Gasteiger partial charge in [0.1, 0.15) is 36.0 Å². The van der Waals surface area contributed by atoms with Crippen LogP contribution in [0.5, 0.6) is 5.75 Å². The summed E-state index contributed by atoms with van der Waals surface area (Å²) in [6, 6.07) is 11.0. The number of rotatable bonds is 3. The molecule has 1 heterocycles. The second kappa shape index (κ2) is 5.61. The van der Waals surface area contributed by atoms with Crippen LogP contribution in [0, 0.1) is 28.5 Å². The van der Waals surface area contributed by atoms with Gasteiger partial charge < -0.3 is 4.74 Å². The first kappa shape index (κ1) is 12.5. The third-order valence-corrected chi connectivity index (χ3v) is 2.41. The van der Waals surface area contributed by atoms with Crippen LogP contribution in [-0.2, 0) is 6.61 Å². The monoisotopic (exact) mass is 253 g/mol. The number of halogens is 1. The molecule has 0 atom stereocenters. The molecule has 1 aromatic heterocycles.